The van der Waals surface area contributed by atoms with Crippen LogP contribution in [-0.2, 0) is 10.0 Å². The Morgan fingerprint density at radius 1 is 1.21 bits per heavy atom. The van der Waals surface area contributed by atoms with Crippen LogP contribution < -0.4 is 4.72 Å². The van der Waals surface area contributed by atoms with Crippen LogP contribution in [0, 0.1) is 18.3 Å². The number of hydrogen-bond acceptors (Lipinski definition) is 4. The number of nitriles is 1. The minimum Gasteiger partial charge on any atom is -0.263 e. The summed E-state index contributed by atoms with van der Waals surface area (Å²) in [6, 6.07) is 11.1. The number of sulfonamides is 1. The van der Waals surface area contributed by atoms with Gasteiger partial charge in [0.2, 0.25) is 0 Å². The SMILES string of the molecule is Cc1cccnc1NS(=O)(=O)c1ccc(C#N)cc1. The predicted molar refractivity (Wildman–Crippen MR) is 70.9 cm³/mol. The Kier molecular flexibility index (Phi) is 3.49. The second-order valence-corrected chi connectivity index (χ2v) is 5.59. The Hall–Kier alpha value is -2.39. The van der Waals surface area contributed by atoms with E-state index in [0.29, 0.717) is 11.4 Å². The quantitative estimate of drug-likeness (QED) is 0.927. The zero-order chi connectivity index (χ0) is 13.9. The molecule has 0 bridgehead atoms. The molecule has 0 aliphatic heterocycles. The molecule has 1 aromatic heterocycles. The third kappa shape index (κ3) is 2.89. The maximum Gasteiger partial charge on any atom is 0.263 e. The first-order valence-electron chi connectivity index (χ1n) is 5.47. The number of nitrogens with zero attached hydrogens (tertiary/aromatic N) is 2. The molecule has 2 aromatic rings. The standard InChI is InChI=1S/C13H11N3O2S/c1-10-3-2-8-15-13(10)16-19(17,18)12-6-4-11(9-14)5-7-12/h2-8H,1H3,(H,15,16). The van der Waals surface area contributed by atoms with Crippen LogP contribution in [0.2, 0.25) is 0 Å². The molecule has 0 atom stereocenters. The van der Waals surface area contributed by atoms with Crippen LogP contribution in [0.5, 0.6) is 0 Å². The molecule has 6 heteroatoms. The number of pyridine rings is 1. The van der Waals surface area contributed by atoms with Gasteiger partial charge in [-0.2, -0.15) is 5.26 Å². The van der Waals surface area contributed by atoms with Gasteiger partial charge in [0, 0.05) is 6.20 Å². The van der Waals surface area contributed by atoms with Gasteiger partial charge in [-0.3, -0.25) is 4.72 Å². The fourth-order valence-electron chi connectivity index (χ4n) is 1.49. The number of hydrogen-bond donors (Lipinski definition) is 1. The zero-order valence-electron chi connectivity index (χ0n) is 10.2. The van der Waals surface area contributed by atoms with Gasteiger partial charge in [0.25, 0.3) is 10.0 Å². The van der Waals surface area contributed by atoms with Crippen molar-refractivity contribution < 1.29 is 8.42 Å². The molecule has 0 saturated heterocycles. The summed E-state index contributed by atoms with van der Waals surface area (Å²) < 4.78 is 26.7. The second-order valence-electron chi connectivity index (χ2n) is 3.91. The first-order valence-corrected chi connectivity index (χ1v) is 6.96. The Bertz CT molecular complexity index is 731. The summed E-state index contributed by atoms with van der Waals surface area (Å²) in [7, 11) is -3.68. The Balaban J connectivity index is 2.33. The molecular formula is C13H11N3O2S. The van der Waals surface area contributed by atoms with Crippen LogP contribution in [0.1, 0.15) is 11.1 Å². The molecule has 96 valence electrons. The van der Waals surface area contributed by atoms with E-state index in [1.54, 1.807) is 19.1 Å². The molecule has 2 rings (SSSR count). The molecule has 0 saturated carbocycles. The first-order chi connectivity index (χ1) is 9.03. The molecule has 5 nitrogen and oxygen atoms in total. The largest absolute Gasteiger partial charge is 0.263 e. The van der Waals surface area contributed by atoms with Crippen molar-refractivity contribution in [2.75, 3.05) is 4.72 Å². The number of aromatic nitrogens is 1. The van der Waals surface area contributed by atoms with Crippen molar-refractivity contribution in [2.45, 2.75) is 11.8 Å². The molecule has 1 heterocycles. The predicted octanol–water partition coefficient (Wildman–Crippen LogP) is 2.06. The normalized spacial score (nSPS) is 10.7. The van der Waals surface area contributed by atoms with Crippen molar-refractivity contribution in [1.82, 2.24) is 4.98 Å². The van der Waals surface area contributed by atoms with Gasteiger partial charge in [0.05, 0.1) is 16.5 Å². The highest BCUT2D eigenvalue weighted by molar-refractivity contribution is 7.92. The molecule has 0 radical (unpaired) electrons. The Morgan fingerprint density at radius 3 is 2.47 bits per heavy atom. The van der Waals surface area contributed by atoms with Gasteiger partial charge in [-0.25, -0.2) is 13.4 Å². The van der Waals surface area contributed by atoms with Gasteiger partial charge in [-0.15, -0.1) is 0 Å². The Morgan fingerprint density at radius 2 is 1.89 bits per heavy atom. The number of rotatable bonds is 3. The second kappa shape index (κ2) is 5.08. The van der Waals surface area contributed by atoms with E-state index in [-0.39, 0.29) is 4.90 Å². The monoisotopic (exact) mass is 273 g/mol. The first kappa shape index (κ1) is 13.1. The maximum atomic E-state index is 12.1. The molecule has 1 aromatic carbocycles. The van der Waals surface area contributed by atoms with Gasteiger partial charge in [0.1, 0.15) is 5.82 Å². The molecule has 0 unspecified atom stereocenters. The van der Waals surface area contributed by atoms with Gasteiger partial charge in [-0.05, 0) is 42.8 Å². The van der Waals surface area contributed by atoms with Crippen LogP contribution in [0.4, 0.5) is 5.82 Å². The molecular weight excluding hydrogens is 262 g/mol. The fraction of sp³-hybridized carbons (Fsp3) is 0.0769. The summed E-state index contributed by atoms with van der Waals surface area (Å²) in [5.41, 5.74) is 1.15. The van der Waals surface area contributed by atoms with E-state index >= 15 is 0 Å². The fourth-order valence-corrected chi connectivity index (χ4v) is 2.57. The van der Waals surface area contributed by atoms with Crippen molar-refractivity contribution >= 4 is 15.8 Å². The lowest BCUT2D eigenvalue weighted by Crippen LogP contribution is -2.14. The van der Waals surface area contributed by atoms with Crippen LogP contribution in [-0.4, -0.2) is 13.4 Å². The lowest BCUT2D eigenvalue weighted by molar-refractivity contribution is 0.601. The van der Waals surface area contributed by atoms with E-state index in [0.717, 1.165) is 5.56 Å². The minimum absolute atomic E-state index is 0.0940. The molecule has 19 heavy (non-hydrogen) atoms. The van der Waals surface area contributed by atoms with Gasteiger partial charge >= 0.3 is 0 Å². The maximum absolute atomic E-state index is 12.1. The van der Waals surface area contributed by atoms with E-state index in [1.807, 2.05) is 6.07 Å². The average Bonchev–Trinajstić information content (AvgIpc) is 2.41. The molecule has 0 fully saturated rings. The van der Waals surface area contributed by atoms with Crippen molar-refractivity contribution in [1.29, 1.82) is 5.26 Å². The van der Waals surface area contributed by atoms with E-state index in [1.165, 1.54) is 30.5 Å². The molecule has 0 spiro atoms. The average molecular weight is 273 g/mol. The summed E-state index contributed by atoms with van der Waals surface area (Å²) in [4.78, 5) is 4.07. The zero-order valence-corrected chi connectivity index (χ0v) is 11.0. The highest BCUT2D eigenvalue weighted by Crippen LogP contribution is 2.17. The van der Waals surface area contributed by atoms with Gasteiger partial charge in [-0.1, -0.05) is 6.07 Å². The van der Waals surface area contributed by atoms with Crippen LogP contribution >= 0.6 is 0 Å². The third-order valence-corrected chi connectivity index (χ3v) is 3.89. The van der Waals surface area contributed by atoms with E-state index in [2.05, 4.69) is 9.71 Å². The van der Waals surface area contributed by atoms with Crippen molar-refractivity contribution in [3.8, 4) is 6.07 Å². The summed E-state index contributed by atoms with van der Waals surface area (Å²) >= 11 is 0. The smallest absolute Gasteiger partial charge is 0.263 e. The highest BCUT2D eigenvalue weighted by atomic mass is 32.2. The number of nitrogens with one attached hydrogen (secondary N) is 1. The lowest BCUT2D eigenvalue weighted by Gasteiger charge is -2.09. The van der Waals surface area contributed by atoms with E-state index in [9.17, 15) is 8.42 Å². The van der Waals surface area contributed by atoms with Gasteiger partial charge in [0.15, 0.2) is 0 Å². The number of aryl methyl sites for hydroxylation is 1. The van der Waals surface area contributed by atoms with Crippen LogP contribution in [0.25, 0.3) is 0 Å². The summed E-state index contributed by atoms with van der Waals surface area (Å²) in [6.07, 6.45) is 1.52. The molecule has 1 N–H and O–H groups in total. The van der Waals surface area contributed by atoms with E-state index in [4.69, 9.17) is 5.26 Å². The molecule has 0 aliphatic carbocycles. The van der Waals surface area contributed by atoms with Crippen molar-refractivity contribution in [3.63, 3.8) is 0 Å². The third-order valence-electron chi connectivity index (χ3n) is 2.53. The summed E-state index contributed by atoms with van der Waals surface area (Å²) in [5, 5.41) is 8.68. The number of anilines is 1. The summed E-state index contributed by atoms with van der Waals surface area (Å²) in [6.45, 7) is 1.77. The lowest BCUT2D eigenvalue weighted by atomic mass is 10.2. The Labute approximate surface area is 111 Å². The topological polar surface area (TPSA) is 82.8 Å². The minimum atomic E-state index is -3.68. The van der Waals surface area contributed by atoms with Crippen molar-refractivity contribution in [3.05, 3.63) is 53.7 Å². The van der Waals surface area contributed by atoms with Gasteiger partial charge < -0.3 is 0 Å². The van der Waals surface area contributed by atoms with E-state index < -0.39 is 10.0 Å². The molecule has 0 amide bonds. The molecule has 0 aliphatic rings. The highest BCUT2D eigenvalue weighted by Gasteiger charge is 2.15. The van der Waals surface area contributed by atoms with Crippen LogP contribution in [0.15, 0.2) is 47.5 Å². The van der Waals surface area contributed by atoms with Crippen molar-refractivity contribution in [2.24, 2.45) is 0 Å². The summed E-state index contributed by atoms with van der Waals surface area (Å²) in [5.74, 6) is 0.298. The number of benzene rings is 1. The van der Waals surface area contributed by atoms with Crippen LogP contribution in [0.3, 0.4) is 0 Å².